The van der Waals surface area contributed by atoms with Gasteiger partial charge in [-0.1, -0.05) is 33.6 Å². The molecular formula is C14H19BrO2. The van der Waals surface area contributed by atoms with Crippen LogP contribution in [0.15, 0.2) is 12.1 Å². The second-order valence-electron chi connectivity index (χ2n) is 4.70. The highest BCUT2D eigenvalue weighted by Gasteiger charge is 2.26. The van der Waals surface area contributed by atoms with Crippen molar-refractivity contribution >= 4 is 15.9 Å². The molecule has 0 N–H and O–H groups in total. The van der Waals surface area contributed by atoms with Crippen LogP contribution >= 0.6 is 15.9 Å². The maximum atomic E-state index is 5.76. The lowest BCUT2D eigenvalue weighted by Gasteiger charge is -2.29. The predicted molar refractivity (Wildman–Crippen MR) is 72.9 cm³/mol. The zero-order valence-corrected chi connectivity index (χ0v) is 12.2. The molecule has 1 heterocycles. The number of hydrogen-bond acceptors (Lipinski definition) is 2. The summed E-state index contributed by atoms with van der Waals surface area (Å²) in [6, 6.07) is 4.44. The molecule has 2 unspecified atom stereocenters. The van der Waals surface area contributed by atoms with E-state index in [1.54, 1.807) is 0 Å². The normalized spacial score (nSPS) is 22.5. The van der Waals surface area contributed by atoms with Gasteiger partial charge in [0.1, 0.15) is 0 Å². The van der Waals surface area contributed by atoms with Crippen molar-refractivity contribution < 1.29 is 9.47 Å². The van der Waals surface area contributed by atoms with Crippen molar-refractivity contribution in [2.75, 3.05) is 19.8 Å². The summed E-state index contributed by atoms with van der Waals surface area (Å²) in [5.74, 6) is 0. The highest BCUT2D eigenvalue weighted by molar-refractivity contribution is 9.09. The molecule has 0 amide bonds. The van der Waals surface area contributed by atoms with Crippen LogP contribution in [0.1, 0.15) is 27.1 Å². The summed E-state index contributed by atoms with van der Waals surface area (Å²) in [6.07, 6.45) is 0.115. The first-order valence-corrected chi connectivity index (χ1v) is 6.92. The quantitative estimate of drug-likeness (QED) is 0.779. The van der Waals surface area contributed by atoms with Gasteiger partial charge in [0.25, 0.3) is 0 Å². The molecule has 94 valence electrons. The molecule has 1 aromatic rings. The first kappa shape index (κ1) is 13.1. The lowest BCUT2D eigenvalue weighted by atomic mass is 9.95. The van der Waals surface area contributed by atoms with Crippen molar-refractivity contribution in [2.45, 2.75) is 31.7 Å². The molecule has 2 nitrogen and oxygen atoms in total. The zero-order chi connectivity index (χ0) is 12.4. The summed E-state index contributed by atoms with van der Waals surface area (Å²) in [5, 5.41) is 0. The fourth-order valence-corrected chi connectivity index (χ4v) is 3.51. The minimum Gasteiger partial charge on any atom is -0.376 e. The third kappa shape index (κ3) is 2.90. The number of benzene rings is 1. The van der Waals surface area contributed by atoms with Gasteiger partial charge in [0, 0.05) is 0 Å². The Bertz CT molecular complexity index is 374. The van der Waals surface area contributed by atoms with E-state index in [1.807, 2.05) is 0 Å². The van der Waals surface area contributed by atoms with E-state index in [0.717, 1.165) is 0 Å². The number of hydrogen-bond donors (Lipinski definition) is 0. The smallest absolute Gasteiger partial charge is 0.0975 e. The second kappa shape index (κ2) is 5.51. The molecule has 1 aromatic carbocycles. The van der Waals surface area contributed by atoms with Crippen LogP contribution in [-0.4, -0.2) is 25.9 Å². The molecule has 3 heteroatoms. The SMILES string of the molecule is Cc1cc(C)c(C(Br)C2COCCO2)c(C)c1. The highest BCUT2D eigenvalue weighted by Crippen LogP contribution is 2.34. The van der Waals surface area contributed by atoms with Crippen molar-refractivity contribution in [3.63, 3.8) is 0 Å². The summed E-state index contributed by atoms with van der Waals surface area (Å²) in [7, 11) is 0. The molecule has 2 rings (SSSR count). The summed E-state index contributed by atoms with van der Waals surface area (Å²) in [5.41, 5.74) is 5.28. The molecule has 17 heavy (non-hydrogen) atoms. The average Bonchev–Trinajstić information content (AvgIpc) is 2.28. The van der Waals surface area contributed by atoms with Crippen LogP contribution in [0.2, 0.25) is 0 Å². The Hall–Kier alpha value is -0.380. The number of rotatable bonds is 2. The molecule has 1 aliphatic heterocycles. The Morgan fingerprint density at radius 3 is 2.35 bits per heavy atom. The minimum atomic E-state index is 0.115. The average molecular weight is 299 g/mol. The van der Waals surface area contributed by atoms with Crippen LogP contribution < -0.4 is 0 Å². The summed E-state index contributed by atoms with van der Waals surface area (Å²) in [6.45, 7) is 8.52. The first-order valence-electron chi connectivity index (χ1n) is 6.00. The topological polar surface area (TPSA) is 18.5 Å². The second-order valence-corrected chi connectivity index (χ2v) is 5.68. The maximum absolute atomic E-state index is 5.76. The van der Waals surface area contributed by atoms with Gasteiger partial charge in [0.05, 0.1) is 30.8 Å². The van der Waals surface area contributed by atoms with Crippen LogP contribution in [0, 0.1) is 20.8 Å². The Kier molecular flexibility index (Phi) is 4.23. The molecule has 0 radical (unpaired) electrons. The number of halogens is 1. The first-order chi connectivity index (χ1) is 8.09. The van der Waals surface area contributed by atoms with Gasteiger partial charge in [0.15, 0.2) is 0 Å². The molecule has 0 aromatic heterocycles. The van der Waals surface area contributed by atoms with E-state index in [4.69, 9.17) is 9.47 Å². The summed E-state index contributed by atoms with van der Waals surface area (Å²) >= 11 is 3.77. The Balaban J connectivity index is 2.26. The van der Waals surface area contributed by atoms with Gasteiger partial charge in [0.2, 0.25) is 0 Å². The van der Waals surface area contributed by atoms with Gasteiger partial charge in [-0.2, -0.15) is 0 Å². The molecule has 0 bridgehead atoms. The van der Waals surface area contributed by atoms with E-state index >= 15 is 0 Å². The standard InChI is InChI=1S/C14H19BrO2/c1-9-6-10(2)13(11(3)7-9)14(15)12-8-16-4-5-17-12/h6-7,12,14H,4-5,8H2,1-3H3. The van der Waals surface area contributed by atoms with Crippen molar-refractivity contribution in [2.24, 2.45) is 0 Å². The van der Waals surface area contributed by atoms with Gasteiger partial charge >= 0.3 is 0 Å². The minimum absolute atomic E-state index is 0.115. The Morgan fingerprint density at radius 2 is 1.82 bits per heavy atom. The van der Waals surface area contributed by atoms with Crippen molar-refractivity contribution in [3.8, 4) is 0 Å². The van der Waals surface area contributed by atoms with E-state index in [1.165, 1.54) is 22.3 Å². The molecule has 0 aliphatic carbocycles. The molecule has 0 spiro atoms. The molecular weight excluding hydrogens is 280 g/mol. The van der Waals surface area contributed by atoms with Crippen LogP contribution in [0.4, 0.5) is 0 Å². The van der Waals surface area contributed by atoms with Crippen molar-refractivity contribution in [1.29, 1.82) is 0 Å². The number of ether oxygens (including phenoxy) is 2. The molecule has 0 saturated carbocycles. The Morgan fingerprint density at radius 1 is 1.18 bits per heavy atom. The lowest BCUT2D eigenvalue weighted by Crippen LogP contribution is -2.32. The van der Waals surface area contributed by atoms with Gasteiger partial charge in [-0.3, -0.25) is 0 Å². The maximum Gasteiger partial charge on any atom is 0.0975 e. The molecule has 1 aliphatic rings. The third-order valence-corrected chi connectivity index (χ3v) is 4.23. The van der Waals surface area contributed by atoms with E-state index in [9.17, 15) is 0 Å². The lowest BCUT2D eigenvalue weighted by molar-refractivity contribution is -0.0877. The van der Waals surface area contributed by atoms with Crippen molar-refractivity contribution in [1.82, 2.24) is 0 Å². The van der Waals surface area contributed by atoms with E-state index in [2.05, 4.69) is 48.8 Å². The van der Waals surface area contributed by atoms with E-state index in [0.29, 0.717) is 19.8 Å². The van der Waals surface area contributed by atoms with Crippen LogP contribution in [0.3, 0.4) is 0 Å². The fraction of sp³-hybridized carbons (Fsp3) is 0.571. The van der Waals surface area contributed by atoms with Gasteiger partial charge < -0.3 is 9.47 Å². The van der Waals surface area contributed by atoms with E-state index < -0.39 is 0 Å². The number of alkyl halides is 1. The van der Waals surface area contributed by atoms with Gasteiger partial charge in [-0.05, 0) is 37.5 Å². The fourth-order valence-electron chi connectivity index (χ4n) is 2.49. The largest absolute Gasteiger partial charge is 0.376 e. The summed E-state index contributed by atoms with van der Waals surface area (Å²) < 4.78 is 11.2. The molecule has 1 fully saturated rings. The molecule has 2 atom stereocenters. The van der Waals surface area contributed by atoms with Crippen LogP contribution in [-0.2, 0) is 9.47 Å². The Labute approximate surface area is 111 Å². The predicted octanol–water partition coefficient (Wildman–Crippen LogP) is 3.46. The van der Waals surface area contributed by atoms with Gasteiger partial charge in [-0.25, -0.2) is 0 Å². The number of aryl methyl sites for hydroxylation is 3. The highest BCUT2D eigenvalue weighted by atomic mass is 79.9. The van der Waals surface area contributed by atoms with Crippen LogP contribution in [0.25, 0.3) is 0 Å². The molecule has 1 saturated heterocycles. The summed E-state index contributed by atoms with van der Waals surface area (Å²) in [4.78, 5) is 0.211. The zero-order valence-electron chi connectivity index (χ0n) is 10.6. The third-order valence-electron chi connectivity index (χ3n) is 3.18. The monoisotopic (exact) mass is 298 g/mol. The van der Waals surface area contributed by atoms with Crippen molar-refractivity contribution in [3.05, 3.63) is 34.4 Å². The van der Waals surface area contributed by atoms with Gasteiger partial charge in [-0.15, -0.1) is 0 Å². The van der Waals surface area contributed by atoms with Crippen LogP contribution in [0.5, 0.6) is 0 Å². The van der Waals surface area contributed by atoms with E-state index in [-0.39, 0.29) is 10.9 Å².